The van der Waals surface area contributed by atoms with Crippen LogP contribution in [0.4, 0.5) is 5.13 Å². The lowest BCUT2D eigenvalue weighted by molar-refractivity contribution is -0.116. The van der Waals surface area contributed by atoms with E-state index in [0.717, 1.165) is 17.8 Å². The zero-order valence-corrected chi connectivity index (χ0v) is 18.2. The number of nitrogens with zero attached hydrogens (tertiary/aromatic N) is 2. The molecule has 2 heterocycles. The second kappa shape index (κ2) is 7.26. The van der Waals surface area contributed by atoms with Crippen LogP contribution < -0.4 is 10.9 Å². The molecule has 31 heavy (non-hydrogen) atoms. The highest BCUT2D eigenvalue weighted by Gasteiger charge is 2.52. The van der Waals surface area contributed by atoms with Crippen LogP contribution in [0.2, 0.25) is 0 Å². The summed E-state index contributed by atoms with van der Waals surface area (Å²) in [5.74, 6) is 3.07. The molecule has 0 aliphatic heterocycles. The molecule has 160 valence electrons. The Morgan fingerprint density at radius 1 is 1.10 bits per heavy atom. The summed E-state index contributed by atoms with van der Waals surface area (Å²) in [6.07, 6.45) is 8.71. The monoisotopic (exact) mass is 434 g/mol. The highest BCUT2D eigenvalue weighted by Crippen LogP contribution is 2.60. The number of rotatable bonds is 5. The Hall–Kier alpha value is -2.54. The Kier molecular flexibility index (Phi) is 4.49. The number of nitrogens with one attached hydrogen (secondary N) is 2. The molecule has 4 fully saturated rings. The largest absolute Gasteiger partial charge is 0.310 e. The van der Waals surface area contributed by atoms with E-state index < -0.39 is 0 Å². The number of carbonyl (C=O) groups is 1. The van der Waals surface area contributed by atoms with Crippen molar-refractivity contribution >= 4 is 33.3 Å². The zero-order chi connectivity index (χ0) is 21.0. The predicted octanol–water partition coefficient (Wildman–Crippen LogP) is 4.42. The van der Waals surface area contributed by atoms with E-state index in [2.05, 4.69) is 20.7 Å². The van der Waals surface area contributed by atoms with Crippen LogP contribution in [-0.2, 0) is 16.6 Å². The van der Waals surface area contributed by atoms with Crippen LogP contribution in [0.15, 0.2) is 34.4 Å². The second-order valence-electron chi connectivity index (χ2n) is 9.81. The number of amides is 1. The number of para-hydroxylation sites is 1. The molecular weight excluding hydrogens is 408 g/mol. The molecular formula is C24H26N4O2S. The van der Waals surface area contributed by atoms with E-state index in [0.29, 0.717) is 28.3 Å². The van der Waals surface area contributed by atoms with Crippen LogP contribution in [0.3, 0.4) is 0 Å². The van der Waals surface area contributed by atoms with Crippen LogP contribution >= 0.6 is 11.3 Å². The van der Waals surface area contributed by atoms with Gasteiger partial charge in [-0.1, -0.05) is 12.1 Å². The van der Waals surface area contributed by atoms with E-state index in [1.54, 1.807) is 6.07 Å². The molecule has 4 saturated carbocycles. The maximum absolute atomic E-state index is 12.5. The first-order valence-corrected chi connectivity index (χ1v) is 12.2. The highest BCUT2D eigenvalue weighted by molar-refractivity contribution is 7.13. The van der Waals surface area contributed by atoms with Crippen molar-refractivity contribution in [2.24, 2.45) is 17.8 Å². The van der Waals surface area contributed by atoms with Crippen LogP contribution in [0.1, 0.15) is 56.5 Å². The van der Waals surface area contributed by atoms with Crippen molar-refractivity contribution in [3.8, 4) is 0 Å². The Morgan fingerprint density at radius 3 is 2.55 bits per heavy atom. The Bertz CT molecular complexity index is 1180. The van der Waals surface area contributed by atoms with Crippen molar-refractivity contribution in [3.05, 3.63) is 51.5 Å². The van der Waals surface area contributed by atoms with Gasteiger partial charge in [-0.15, -0.1) is 11.3 Å². The van der Waals surface area contributed by atoms with Crippen LogP contribution in [-0.4, -0.2) is 20.9 Å². The van der Waals surface area contributed by atoms with E-state index >= 15 is 0 Å². The molecule has 0 radical (unpaired) electrons. The van der Waals surface area contributed by atoms with Crippen molar-refractivity contribution in [3.63, 3.8) is 0 Å². The third-order valence-electron chi connectivity index (χ3n) is 7.58. The van der Waals surface area contributed by atoms with Crippen molar-refractivity contribution in [1.82, 2.24) is 15.0 Å². The summed E-state index contributed by atoms with van der Waals surface area (Å²) >= 11 is 1.54. The van der Waals surface area contributed by atoms with Crippen molar-refractivity contribution in [2.45, 2.75) is 56.8 Å². The van der Waals surface area contributed by atoms with Gasteiger partial charge in [-0.05, 0) is 68.4 Å². The molecule has 4 bridgehead atoms. The standard InChI is InChI=1S/C24H26N4O2S/c29-21(6-5-20-25-18-4-2-1-3-17(18)22(30)27-20)28-23-26-19(13-31-23)24-10-14-7-15(11-24)9-16(8-14)12-24/h1-4,13-16H,5-12H2,(H,25,27,30)(H,26,28,29). The number of thiazole rings is 1. The minimum atomic E-state index is -0.166. The van der Waals surface area contributed by atoms with Gasteiger partial charge in [0.25, 0.3) is 5.56 Å². The van der Waals surface area contributed by atoms with E-state index in [1.807, 2.05) is 18.2 Å². The molecule has 7 rings (SSSR count). The summed E-state index contributed by atoms with van der Waals surface area (Å²) in [4.78, 5) is 36.9. The number of fused-ring (bicyclic) bond motifs is 1. The van der Waals surface area contributed by atoms with E-state index in [1.165, 1.54) is 55.6 Å². The number of anilines is 1. The summed E-state index contributed by atoms with van der Waals surface area (Å²) in [6.45, 7) is 0. The van der Waals surface area contributed by atoms with Crippen LogP contribution in [0.25, 0.3) is 10.9 Å². The quantitative estimate of drug-likeness (QED) is 0.622. The first kappa shape index (κ1) is 19.2. The number of hydrogen-bond acceptors (Lipinski definition) is 5. The topological polar surface area (TPSA) is 87.7 Å². The fourth-order valence-electron chi connectivity index (χ4n) is 6.67. The summed E-state index contributed by atoms with van der Waals surface area (Å²) in [5.41, 5.74) is 1.94. The molecule has 0 spiro atoms. The van der Waals surface area contributed by atoms with E-state index in [-0.39, 0.29) is 23.3 Å². The molecule has 0 unspecified atom stereocenters. The number of hydrogen-bond donors (Lipinski definition) is 2. The maximum Gasteiger partial charge on any atom is 0.258 e. The number of benzene rings is 1. The van der Waals surface area contributed by atoms with Gasteiger partial charge < -0.3 is 10.3 Å². The SMILES string of the molecule is O=C(CCc1nc2ccccc2c(=O)[nH]1)Nc1nc(C23CC4CC(CC(C4)C2)C3)cs1. The summed E-state index contributed by atoms with van der Waals surface area (Å²) < 4.78 is 0. The normalized spacial score (nSPS) is 28.8. The number of aryl methyl sites for hydroxylation is 1. The summed E-state index contributed by atoms with van der Waals surface area (Å²) in [5, 5.41) is 6.39. The molecule has 7 heteroatoms. The van der Waals surface area contributed by atoms with E-state index in [9.17, 15) is 9.59 Å². The second-order valence-corrected chi connectivity index (χ2v) is 10.7. The van der Waals surface area contributed by atoms with Gasteiger partial charge in [0.2, 0.25) is 5.91 Å². The summed E-state index contributed by atoms with van der Waals surface area (Å²) in [7, 11) is 0. The average Bonchev–Trinajstić information content (AvgIpc) is 3.21. The van der Waals surface area contributed by atoms with Gasteiger partial charge in [-0.2, -0.15) is 0 Å². The molecule has 6 nitrogen and oxygen atoms in total. The first-order valence-electron chi connectivity index (χ1n) is 11.3. The predicted molar refractivity (Wildman–Crippen MR) is 121 cm³/mol. The smallest absolute Gasteiger partial charge is 0.258 e. The fraction of sp³-hybridized carbons (Fsp3) is 0.500. The van der Waals surface area contributed by atoms with Crippen LogP contribution in [0.5, 0.6) is 0 Å². The Morgan fingerprint density at radius 2 is 1.81 bits per heavy atom. The molecule has 2 aromatic heterocycles. The Labute approximate surface area is 184 Å². The molecule has 0 atom stereocenters. The lowest BCUT2D eigenvalue weighted by atomic mass is 9.49. The van der Waals surface area contributed by atoms with Crippen molar-refractivity contribution in [2.75, 3.05) is 5.32 Å². The van der Waals surface area contributed by atoms with Gasteiger partial charge in [-0.25, -0.2) is 9.97 Å². The fourth-order valence-corrected chi connectivity index (χ4v) is 7.52. The lowest BCUT2D eigenvalue weighted by Gasteiger charge is -2.56. The molecule has 1 amide bonds. The molecule has 4 aliphatic carbocycles. The van der Waals surface area contributed by atoms with Gasteiger partial charge >= 0.3 is 0 Å². The van der Waals surface area contributed by atoms with Gasteiger partial charge in [0.1, 0.15) is 5.82 Å². The third kappa shape index (κ3) is 3.49. The molecule has 0 saturated heterocycles. The maximum atomic E-state index is 12.5. The number of H-pyrrole nitrogens is 1. The zero-order valence-electron chi connectivity index (χ0n) is 17.4. The Balaban J connectivity index is 1.12. The number of carbonyl (C=O) groups excluding carboxylic acids is 1. The molecule has 1 aromatic carbocycles. The molecule has 3 aromatic rings. The summed E-state index contributed by atoms with van der Waals surface area (Å²) in [6, 6.07) is 7.24. The van der Waals surface area contributed by atoms with Crippen molar-refractivity contribution < 1.29 is 4.79 Å². The van der Waals surface area contributed by atoms with E-state index in [4.69, 9.17) is 4.98 Å². The van der Waals surface area contributed by atoms with Crippen LogP contribution in [0, 0.1) is 17.8 Å². The molecule has 2 N–H and O–H groups in total. The molecule has 4 aliphatic rings. The van der Waals surface area contributed by atoms with Gasteiger partial charge in [0, 0.05) is 23.6 Å². The minimum absolute atomic E-state index is 0.0952. The van der Waals surface area contributed by atoms with Gasteiger partial charge in [-0.3, -0.25) is 9.59 Å². The first-order chi connectivity index (χ1) is 15.1. The van der Waals surface area contributed by atoms with Gasteiger partial charge in [0.15, 0.2) is 5.13 Å². The average molecular weight is 435 g/mol. The lowest BCUT2D eigenvalue weighted by Crippen LogP contribution is -2.48. The third-order valence-corrected chi connectivity index (χ3v) is 8.34. The van der Waals surface area contributed by atoms with Crippen molar-refractivity contribution in [1.29, 1.82) is 0 Å². The number of aromatic nitrogens is 3. The minimum Gasteiger partial charge on any atom is -0.310 e. The number of aromatic amines is 1. The highest BCUT2D eigenvalue weighted by atomic mass is 32.1. The van der Waals surface area contributed by atoms with Gasteiger partial charge in [0.05, 0.1) is 16.6 Å².